The summed E-state index contributed by atoms with van der Waals surface area (Å²) in [4.78, 5) is 27.7. The highest BCUT2D eigenvalue weighted by molar-refractivity contribution is 7.89. The van der Waals surface area contributed by atoms with E-state index in [2.05, 4.69) is 11.4 Å². The Bertz CT molecular complexity index is 1100. The fourth-order valence-corrected chi connectivity index (χ4v) is 6.65. The molecule has 2 heterocycles. The summed E-state index contributed by atoms with van der Waals surface area (Å²) >= 11 is 0. The molecule has 196 valence electrons. The zero-order valence-corrected chi connectivity index (χ0v) is 21.4. The van der Waals surface area contributed by atoms with E-state index >= 15 is 0 Å². The summed E-state index contributed by atoms with van der Waals surface area (Å²) in [5.41, 5.74) is -0.291. The number of benzene rings is 1. The van der Waals surface area contributed by atoms with Crippen LogP contribution in [0.1, 0.15) is 61.7 Å². The number of sulfonamides is 1. The van der Waals surface area contributed by atoms with E-state index in [4.69, 9.17) is 9.47 Å². The summed E-state index contributed by atoms with van der Waals surface area (Å²) in [5.74, 6) is -1.33. The Balaban J connectivity index is 1.53. The normalized spacial score (nSPS) is 20.8. The molecule has 1 N–H and O–H groups in total. The minimum atomic E-state index is -3.76. The topological polar surface area (TPSA) is 129 Å². The van der Waals surface area contributed by atoms with Crippen LogP contribution in [0.15, 0.2) is 23.1 Å². The minimum Gasteiger partial charge on any atom is -0.452 e. The molecule has 2 saturated heterocycles. The van der Waals surface area contributed by atoms with E-state index in [0.717, 1.165) is 38.5 Å². The predicted molar refractivity (Wildman–Crippen MR) is 132 cm³/mol. The van der Waals surface area contributed by atoms with Crippen LogP contribution in [0.25, 0.3) is 0 Å². The Hall–Kier alpha value is -2.68. The van der Waals surface area contributed by atoms with E-state index in [0.29, 0.717) is 57.9 Å². The molecule has 3 fully saturated rings. The second kappa shape index (κ2) is 11.6. The first kappa shape index (κ1) is 26.4. The van der Waals surface area contributed by atoms with Gasteiger partial charge in [-0.2, -0.15) is 9.57 Å². The predicted octanol–water partition coefficient (Wildman–Crippen LogP) is 2.20. The number of ether oxygens (including phenoxy) is 2. The molecule has 0 spiro atoms. The summed E-state index contributed by atoms with van der Waals surface area (Å²) in [5, 5.41) is 12.3. The number of anilines is 1. The number of morpholine rings is 1. The van der Waals surface area contributed by atoms with E-state index in [1.807, 2.05) is 4.90 Å². The molecular formula is C25H34N4O6S. The maximum Gasteiger partial charge on any atom is 0.340 e. The minimum absolute atomic E-state index is 0.0310. The number of hydrogen-bond acceptors (Lipinski definition) is 8. The fraction of sp³-hybridized carbons (Fsp3) is 0.640. The van der Waals surface area contributed by atoms with Crippen molar-refractivity contribution in [2.45, 2.75) is 61.8 Å². The van der Waals surface area contributed by atoms with E-state index < -0.39 is 34.0 Å². The lowest BCUT2D eigenvalue weighted by molar-refractivity contribution is -0.125. The average Bonchev–Trinajstić information content (AvgIpc) is 2.93. The summed E-state index contributed by atoms with van der Waals surface area (Å²) in [6, 6.07) is 6.72. The standard InChI is InChI=1S/C25H34N4O6S/c26-19-25(9-3-1-4-10-25)27-23(30)18-35-24(31)21-17-20(36(32,33)29-11-5-2-6-12-29)7-8-22(21)28-13-15-34-16-14-28/h7-8,17H,1-6,9-16,18H2,(H,27,30). The molecule has 4 rings (SSSR count). The van der Waals surface area contributed by atoms with Crippen LogP contribution >= 0.6 is 0 Å². The van der Waals surface area contributed by atoms with Crippen LogP contribution in [0, 0.1) is 11.3 Å². The Morgan fingerprint density at radius 1 is 1.03 bits per heavy atom. The van der Waals surface area contributed by atoms with Gasteiger partial charge >= 0.3 is 5.97 Å². The van der Waals surface area contributed by atoms with Gasteiger partial charge < -0.3 is 19.7 Å². The van der Waals surface area contributed by atoms with Gasteiger partial charge in [0, 0.05) is 26.2 Å². The molecule has 3 aliphatic rings. The molecular weight excluding hydrogens is 484 g/mol. The highest BCUT2D eigenvalue weighted by atomic mass is 32.2. The number of nitrogens with zero attached hydrogens (tertiary/aromatic N) is 3. The fourth-order valence-electron chi connectivity index (χ4n) is 5.11. The molecule has 0 atom stereocenters. The van der Waals surface area contributed by atoms with Crippen LogP contribution in [0.4, 0.5) is 5.69 Å². The molecule has 10 nitrogen and oxygen atoms in total. The van der Waals surface area contributed by atoms with Crippen LogP contribution in [0.5, 0.6) is 0 Å². The molecule has 1 aromatic rings. The molecule has 2 aliphatic heterocycles. The van der Waals surface area contributed by atoms with Gasteiger partial charge in [-0.15, -0.1) is 0 Å². The zero-order valence-electron chi connectivity index (χ0n) is 20.5. The van der Waals surface area contributed by atoms with E-state index in [-0.39, 0.29) is 10.5 Å². The molecule has 1 amide bonds. The Morgan fingerprint density at radius 3 is 2.36 bits per heavy atom. The number of rotatable bonds is 7. The zero-order chi connectivity index (χ0) is 25.6. The number of hydrogen-bond donors (Lipinski definition) is 1. The molecule has 1 saturated carbocycles. The smallest absolute Gasteiger partial charge is 0.340 e. The van der Waals surface area contributed by atoms with Gasteiger partial charge in [0.1, 0.15) is 5.54 Å². The van der Waals surface area contributed by atoms with Crippen molar-refractivity contribution < 1.29 is 27.5 Å². The molecule has 0 bridgehead atoms. The third-order valence-electron chi connectivity index (χ3n) is 7.13. The van der Waals surface area contributed by atoms with Gasteiger partial charge in [-0.1, -0.05) is 25.7 Å². The van der Waals surface area contributed by atoms with Crippen molar-refractivity contribution in [3.63, 3.8) is 0 Å². The van der Waals surface area contributed by atoms with Crippen molar-refractivity contribution in [1.29, 1.82) is 5.26 Å². The van der Waals surface area contributed by atoms with Crippen LogP contribution in [-0.2, 0) is 24.3 Å². The van der Waals surface area contributed by atoms with Gasteiger partial charge in [0.2, 0.25) is 10.0 Å². The van der Waals surface area contributed by atoms with Crippen molar-refractivity contribution >= 4 is 27.6 Å². The first-order valence-electron chi connectivity index (χ1n) is 12.7. The summed E-state index contributed by atoms with van der Waals surface area (Å²) < 4.78 is 38.7. The maximum atomic E-state index is 13.3. The van der Waals surface area contributed by atoms with Gasteiger partial charge in [0.05, 0.1) is 35.4 Å². The largest absolute Gasteiger partial charge is 0.452 e. The molecule has 36 heavy (non-hydrogen) atoms. The number of piperidine rings is 1. The Kier molecular flexibility index (Phi) is 8.49. The van der Waals surface area contributed by atoms with Gasteiger partial charge in [0.15, 0.2) is 6.61 Å². The second-order valence-electron chi connectivity index (χ2n) is 9.62. The average molecular weight is 519 g/mol. The Labute approximate surface area is 212 Å². The number of carbonyl (C=O) groups excluding carboxylic acids is 2. The van der Waals surface area contributed by atoms with Crippen molar-refractivity contribution in [3.05, 3.63) is 23.8 Å². The van der Waals surface area contributed by atoms with Crippen LogP contribution in [0.3, 0.4) is 0 Å². The summed E-state index contributed by atoms with van der Waals surface area (Å²) in [6.07, 6.45) is 6.48. The third-order valence-corrected chi connectivity index (χ3v) is 9.02. The van der Waals surface area contributed by atoms with Gasteiger partial charge in [-0.25, -0.2) is 13.2 Å². The molecule has 1 aromatic carbocycles. The second-order valence-corrected chi connectivity index (χ2v) is 11.6. The van der Waals surface area contributed by atoms with E-state index in [1.165, 1.54) is 16.4 Å². The number of carbonyl (C=O) groups is 2. The summed E-state index contributed by atoms with van der Waals surface area (Å²) in [7, 11) is -3.76. The number of nitrogens with one attached hydrogen (secondary N) is 1. The summed E-state index contributed by atoms with van der Waals surface area (Å²) in [6.45, 7) is 2.42. The third kappa shape index (κ3) is 5.99. The highest BCUT2D eigenvalue weighted by Gasteiger charge is 2.34. The highest BCUT2D eigenvalue weighted by Crippen LogP contribution is 2.29. The van der Waals surface area contributed by atoms with Gasteiger partial charge in [0.25, 0.3) is 5.91 Å². The van der Waals surface area contributed by atoms with Gasteiger partial charge in [-0.05, 0) is 43.9 Å². The van der Waals surface area contributed by atoms with Crippen LogP contribution < -0.4 is 10.2 Å². The van der Waals surface area contributed by atoms with E-state index in [9.17, 15) is 23.3 Å². The lowest BCUT2D eigenvalue weighted by Gasteiger charge is -2.31. The number of esters is 1. The molecule has 1 aliphatic carbocycles. The van der Waals surface area contributed by atoms with Crippen LogP contribution in [-0.4, -0.2) is 76.1 Å². The number of nitriles is 1. The van der Waals surface area contributed by atoms with Crippen molar-refractivity contribution in [2.75, 3.05) is 50.9 Å². The van der Waals surface area contributed by atoms with E-state index in [1.54, 1.807) is 6.07 Å². The lowest BCUT2D eigenvalue weighted by Crippen LogP contribution is -2.50. The monoisotopic (exact) mass is 518 g/mol. The van der Waals surface area contributed by atoms with Crippen LogP contribution in [0.2, 0.25) is 0 Å². The van der Waals surface area contributed by atoms with Crippen molar-refractivity contribution in [3.8, 4) is 6.07 Å². The number of amides is 1. The lowest BCUT2D eigenvalue weighted by atomic mass is 9.83. The van der Waals surface area contributed by atoms with Crippen molar-refractivity contribution in [2.24, 2.45) is 0 Å². The van der Waals surface area contributed by atoms with Gasteiger partial charge in [-0.3, -0.25) is 4.79 Å². The Morgan fingerprint density at radius 2 is 1.69 bits per heavy atom. The molecule has 0 unspecified atom stereocenters. The molecule has 0 aromatic heterocycles. The quantitative estimate of drug-likeness (QED) is 0.544. The molecule has 11 heteroatoms. The SMILES string of the molecule is N#CC1(NC(=O)COC(=O)c2cc(S(=O)(=O)N3CCCCC3)ccc2N2CCOCC2)CCCCC1. The maximum absolute atomic E-state index is 13.3. The first-order chi connectivity index (χ1) is 17.3. The van der Waals surface area contributed by atoms with Crippen molar-refractivity contribution in [1.82, 2.24) is 9.62 Å². The molecule has 0 radical (unpaired) electrons. The first-order valence-corrected chi connectivity index (χ1v) is 14.1.